The van der Waals surface area contributed by atoms with E-state index < -0.39 is 16.5 Å². The van der Waals surface area contributed by atoms with Crippen molar-refractivity contribution < 1.29 is 23.5 Å². The summed E-state index contributed by atoms with van der Waals surface area (Å²) in [5.41, 5.74) is 1.70. The zero-order chi connectivity index (χ0) is 22.7. The largest absolute Gasteiger partial charge is 0.389 e. The lowest BCUT2D eigenvalue weighted by atomic mass is 10.1. The number of rotatable bonds is 8. The summed E-state index contributed by atoms with van der Waals surface area (Å²) in [5.74, 6) is -0.466. The molecule has 3 N–H and O–H groups in total. The monoisotopic (exact) mass is 475 g/mol. The van der Waals surface area contributed by atoms with Gasteiger partial charge in [-0.15, -0.1) is 10.6 Å². The normalized spacial score (nSPS) is 18.7. The maximum absolute atomic E-state index is 13.0. The van der Waals surface area contributed by atoms with Gasteiger partial charge < -0.3 is 9.57 Å². The molecule has 1 aliphatic heterocycles. The van der Waals surface area contributed by atoms with Crippen molar-refractivity contribution in [2.75, 3.05) is 18.5 Å². The molecule has 2 aliphatic rings. The first-order valence-electron chi connectivity index (χ1n) is 10.1. The molecule has 8 nitrogen and oxygen atoms in total. The molecule has 0 radical (unpaired) electrons. The second-order valence-corrected chi connectivity index (χ2v) is 10.9. The molecule has 1 saturated heterocycles. The molecule has 4 rings (SSSR count). The van der Waals surface area contributed by atoms with Crippen LogP contribution in [-0.2, 0) is 14.4 Å². The van der Waals surface area contributed by atoms with Crippen molar-refractivity contribution in [1.82, 2.24) is 4.98 Å². The smallest absolute Gasteiger partial charge is 0.280 e. The number of nitrogens with zero attached hydrogens (tertiary/aromatic N) is 2. The van der Waals surface area contributed by atoms with Gasteiger partial charge in [0.05, 0.1) is 18.1 Å². The molecule has 0 unspecified atom stereocenters. The Hall–Kier alpha value is -2.50. The van der Waals surface area contributed by atoms with Crippen LogP contribution in [0.1, 0.15) is 37.1 Å². The van der Waals surface area contributed by atoms with E-state index in [2.05, 4.69) is 15.5 Å². The minimum absolute atomic E-state index is 0.0736. The summed E-state index contributed by atoms with van der Waals surface area (Å²) in [6.07, 6.45) is 6.57. The van der Waals surface area contributed by atoms with E-state index in [1.165, 1.54) is 11.3 Å². The van der Waals surface area contributed by atoms with E-state index in [1.807, 2.05) is 19.9 Å². The van der Waals surface area contributed by atoms with Crippen LogP contribution in [0.3, 0.4) is 0 Å². The van der Waals surface area contributed by atoms with Gasteiger partial charge in [-0.05, 0) is 32.1 Å². The first kappa shape index (κ1) is 22.7. The van der Waals surface area contributed by atoms with E-state index >= 15 is 0 Å². The van der Waals surface area contributed by atoms with Crippen molar-refractivity contribution in [2.24, 2.45) is 5.16 Å². The second-order valence-electron chi connectivity index (χ2n) is 7.72. The Balaban J connectivity index is 1.56. The predicted octanol–water partition coefficient (Wildman–Crippen LogP) is 5.11. The molecule has 0 spiro atoms. The van der Waals surface area contributed by atoms with Gasteiger partial charge in [-0.2, -0.15) is 0 Å². The van der Waals surface area contributed by atoms with Crippen LogP contribution >= 0.6 is 21.9 Å². The van der Waals surface area contributed by atoms with Crippen LogP contribution in [0.25, 0.3) is 6.08 Å². The lowest BCUT2D eigenvalue weighted by Gasteiger charge is -2.30. The molecule has 0 saturated carbocycles. The van der Waals surface area contributed by atoms with Gasteiger partial charge in [0.1, 0.15) is 0 Å². The van der Waals surface area contributed by atoms with Crippen LogP contribution < -0.4 is 5.32 Å². The molecule has 2 aromatic rings. The predicted molar refractivity (Wildman–Crippen MR) is 127 cm³/mol. The number of anilines is 1. The molecule has 32 heavy (non-hydrogen) atoms. The van der Waals surface area contributed by atoms with Crippen LogP contribution in [-0.4, -0.2) is 45.0 Å². The number of amides is 1. The highest BCUT2D eigenvalue weighted by atomic mass is 32.3. The Morgan fingerprint density at radius 1 is 1.34 bits per heavy atom. The molecule has 1 aromatic carbocycles. The highest BCUT2D eigenvalue weighted by molar-refractivity contribution is 8.27. The highest BCUT2D eigenvalue weighted by Crippen LogP contribution is 2.61. The number of oxime groups is 1. The van der Waals surface area contributed by atoms with Crippen LogP contribution in [0.2, 0.25) is 0 Å². The molecule has 170 valence electrons. The average molecular weight is 476 g/mol. The van der Waals surface area contributed by atoms with Crippen LogP contribution in [0.4, 0.5) is 5.13 Å². The third-order valence-electron chi connectivity index (χ3n) is 4.76. The lowest BCUT2D eigenvalue weighted by molar-refractivity contribution is -0.110. The first-order valence-corrected chi connectivity index (χ1v) is 12.5. The Morgan fingerprint density at radius 3 is 2.72 bits per heavy atom. The van der Waals surface area contributed by atoms with Crippen molar-refractivity contribution in [2.45, 2.75) is 37.7 Å². The fourth-order valence-electron chi connectivity index (χ4n) is 3.03. The van der Waals surface area contributed by atoms with Crippen molar-refractivity contribution in [3.8, 4) is 0 Å². The van der Waals surface area contributed by atoms with Crippen molar-refractivity contribution in [1.29, 1.82) is 0 Å². The summed E-state index contributed by atoms with van der Waals surface area (Å²) in [5, 5.41) is 7.35. The number of allylic oxidation sites excluding steroid dienone is 3. The number of carbonyl (C=O) groups is 1. The van der Waals surface area contributed by atoms with E-state index in [0.29, 0.717) is 46.6 Å². The minimum Gasteiger partial charge on any atom is -0.389 e. The third kappa shape index (κ3) is 5.45. The van der Waals surface area contributed by atoms with Crippen molar-refractivity contribution in [3.05, 3.63) is 57.5 Å². The standard InChI is InChI=1S/C22H25N3O5S2/c1-14(2)11-17-12-23-22(31-17)24-21(26)20(25-30-16-9-10-29-13-16)15-3-5-18(6-4-15)32(27,28)19-7-8-19/h3-7,11-12,16,27-28H,8-10,13H2,1-2H3,(H,23,24,26)/t16-/m1/s1. The number of benzene rings is 1. The van der Waals surface area contributed by atoms with E-state index in [4.69, 9.17) is 9.57 Å². The summed E-state index contributed by atoms with van der Waals surface area (Å²) in [4.78, 5) is 24.8. The van der Waals surface area contributed by atoms with E-state index in [1.54, 1.807) is 36.5 Å². The van der Waals surface area contributed by atoms with Crippen LogP contribution in [0.5, 0.6) is 0 Å². The van der Waals surface area contributed by atoms with Crippen LogP contribution in [0, 0.1) is 0 Å². The zero-order valence-corrected chi connectivity index (χ0v) is 19.4. The van der Waals surface area contributed by atoms with E-state index in [9.17, 15) is 13.9 Å². The van der Waals surface area contributed by atoms with Gasteiger partial charge in [0.2, 0.25) is 0 Å². The first-order chi connectivity index (χ1) is 15.3. The molecule has 1 fully saturated rings. The lowest BCUT2D eigenvalue weighted by Crippen LogP contribution is -2.25. The number of carbonyl (C=O) groups excluding carboxylic acids is 1. The van der Waals surface area contributed by atoms with Gasteiger partial charge in [0.25, 0.3) is 5.91 Å². The fraction of sp³-hybridized carbons (Fsp3) is 0.318. The molecule has 1 amide bonds. The molecular weight excluding hydrogens is 450 g/mol. The SMILES string of the molecule is CC(C)=Cc1cnc(NC(=O)C(=NO[C@@H]2CCOC2)c2ccc(S(O)(O)C3=CC3)cc2)s1. The summed E-state index contributed by atoms with van der Waals surface area (Å²) in [6.45, 7) is 5.00. The van der Waals surface area contributed by atoms with Gasteiger partial charge in [-0.25, -0.2) is 4.98 Å². The van der Waals surface area contributed by atoms with Crippen LogP contribution in [0.15, 0.2) is 57.1 Å². The Morgan fingerprint density at radius 2 is 2.09 bits per heavy atom. The van der Waals surface area contributed by atoms with Gasteiger partial charge in [0, 0.05) is 34.4 Å². The number of aromatic nitrogens is 1. The Bertz CT molecular complexity index is 1080. The molecular formula is C22H25N3O5S2. The third-order valence-corrected chi connectivity index (χ3v) is 7.62. The Kier molecular flexibility index (Phi) is 6.77. The summed E-state index contributed by atoms with van der Waals surface area (Å²) < 4.78 is 26.1. The highest BCUT2D eigenvalue weighted by Gasteiger charge is 2.28. The summed E-state index contributed by atoms with van der Waals surface area (Å²) >= 11 is 1.36. The quantitative estimate of drug-likeness (QED) is 0.361. The fourth-order valence-corrected chi connectivity index (χ4v) is 5.27. The zero-order valence-electron chi connectivity index (χ0n) is 17.8. The number of ether oxygens (including phenoxy) is 1. The average Bonchev–Trinajstić information content (AvgIpc) is 3.34. The maximum atomic E-state index is 13.0. The minimum atomic E-state index is -2.95. The van der Waals surface area contributed by atoms with Gasteiger partial charge in [-0.3, -0.25) is 19.2 Å². The molecule has 0 bridgehead atoms. The topological polar surface area (TPSA) is 113 Å². The molecule has 10 heteroatoms. The second kappa shape index (κ2) is 9.55. The van der Waals surface area contributed by atoms with Crippen molar-refractivity contribution in [3.63, 3.8) is 0 Å². The number of nitrogens with one attached hydrogen (secondary N) is 1. The van der Waals surface area contributed by atoms with Gasteiger partial charge >= 0.3 is 0 Å². The molecule has 1 aromatic heterocycles. The number of hydrogen-bond acceptors (Lipinski definition) is 8. The molecule has 2 heterocycles. The summed E-state index contributed by atoms with van der Waals surface area (Å²) in [7, 11) is -2.95. The molecule has 1 atom stereocenters. The number of thiazole rings is 1. The van der Waals surface area contributed by atoms with Gasteiger partial charge in [0.15, 0.2) is 16.9 Å². The van der Waals surface area contributed by atoms with E-state index in [0.717, 1.165) is 10.5 Å². The number of hydrogen-bond donors (Lipinski definition) is 3. The molecule has 1 aliphatic carbocycles. The maximum Gasteiger partial charge on any atom is 0.280 e. The van der Waals surface area contributed by atoms with Crippen molar-refractivity contribution >= 4 is 44.8 Å². The Labute approximate surface area is 192 Å². The van der Waals surface area contributed by atoms with Gasteiger partial charge in [-0.1, -0.05) is 40.3 Å². The van der Waals surface area contributed by atoms with E-state index in [-0.39, 0.29) is 11.8 Å². The summed E-state index contributed by atoms with van der Waals surface area (Å²) in [6, 6.07) is 6.47.